The minimum atomic E-state index is -4.01. The lowest BCUT2D eigenvalue weighted by Gasteiger charge is -2.15. The maximum Gasteiger partial charge on any atom is 0.251 e. The maximum atomic E-state index is 12.6. The van der Waals surface area contributed by atoms with Crippen molar-refractivity contribution in [2.24, 2.45) is 0 Å². The lowest BCUT2D eigenvalue weighted by molar-refractivity contribution is -0.117. The van der Waals surface area contributed by atoms with E-state index in [-0.39, 0.29) is 28.8 Å². The number of rotatable bonds is 8. The van der Waals surface area contributed by atoms with Crippen LogP contribution in [0.25, 0.3) is 0 Å². The van der Waals surface area contributed by atoms with Crippen molar-refractivity contribution in [3.63, 3.8) is 0 Å². The van der Waals surface area contributed by atoms with Crippen LogP contribution in [0, 0.1) is 13.8 Å². The van der Waals surface area contributed by atoms with Gasteiger partial charge in [-0.2, -0.15) is 4.72 Å². The van der Waals surface area contributed by atoms with Crippen molar-refractivity contribution < 1.29 is 22.5 Å². The molecule has 3 N–H and O–H groups in total. The molecule has 3 rings (SSSR count). The first-order valence-electron chi connectivity index (χ1n) is 9.71. The Kier molecular flexibility index (Phi) is 7.01. The van der Waals surface area contributed by atoms with Gasteiger partial charge in [0.05, 0.1) is 18.3 Å². The van der Waals surface area contributed by atoms with Crippen LogP contribution in [-0.2, 0) is 21.4 Å². The van der Waals surface area contributed by atoms with Crippen LogP contribution in [0.2, 0.25) is 0 Å². The second kappa shape index (κ2) is 9.71. The van der Waals surface area contributed by atoms with Crippen molar-refractivity contribution in [3.05, 3.63) is 71.4 Å². The van der Waals surface area contributed by atoms with Crippen molar-refractivity contribution in [1.29, 1.82) is 0 Å². The number of carbonyl (C=O) groups excluding carboxylic acids is 2. The van der Waals surface area contributed by atoms with Gasteiger partial charge in [-0.25, -0.2) is 8.42 Å². The second-order valence-electron chi connectivity index (χ2n) is 7.07. The van der Waals surface area contributed by atoms with Crippen LogP contribution >= 0.6 is 0 Å². The van der Waals surface area contributed by atoms with E-state index in [1.807, 2.05) is 6.07 Å². The summed E-state index contributed by atoms with van der Waals surface area (Å²) in [5, 5.41) is 8.99. The molecule has 0 aliphatic rings. The van der Waals surface area contributed by atoms with Crippen LogP contribution in [-0.4, -0.2) is 36.4 Å². The molecule has 0 unspecified atom stereocenters. The van der Waals surface area contributed by atoms with Gasteiger partial charge in [-0.15, -0.1) is 0 Å². The molecule has 32 heavy (non-hydrogen) atoms. The Bertz CT molecular complexity index is 1200. The number of nitrogens with one attached hydrogen (secondary N) is 3. The summed E-state index contributed by atoms with van der Waals surface area (Å²) in [4.78, 5) is 29.0. The number of anilines is 1. The molecule has 0 fully saturated rings. The summed E-state index contributed by atoms with van der Waals surface area (Å²) >= 11 is 0. The predicted molar refractivity (Wildman–Crippen MR) is 116 cm³/mol. The summed E-state index contributed by atoms with van der Waals surface area (Å²) < 4.78 is 32.4. The van der Waals surface area contributed by atoms with Crippen LogP contribution in [0.15, 0.2) is 58.1 Å². The molecule has 3 aromatic rings. The maximum absolute atomic E-state index is 12.6. The van der Waals surface area contributed by atoms with Gasteiger partial charge >= 0.3 is 0 Å². The number of hydrogen-bond acceptors (Lipinski definition) is 7. The topological polar surface area (TPSA) is 143 Å². The summed E-state index contributed by atoms with van der Waals surface area (Å²) in [6.07, 6.45) is 1.64. The van der Waals surface area contributed by atoms with Crippen LogP contribution in [0.4, 0.5) is 5.69 Å². The number of sulfonamides is 1. The highest BCUT2D eigenvalue weighted by Crippen LogP contribution is 2.19. The van der Waals surface area contributed by atoms with E-state index in [2.05, 4.69) is 25.5 Å². The first-order valence-corrected chi connectivity index (χ1v) is 11.2. The highest BCUT2D eigenvalue weighted by atomic mass is 32.2. The number of carbonyl (C=O) groups is 2. The van der Waals surface area contributed by atoms with Gasteiger partial charge in [0.1, 0.15) is 10.6 Å². The van der Waals surface area contributed by atoms with Gasteiger partial charge in [-0.05, 0) is 51.1 Å². The Balaban J connectivity index is 1.63. The molecular weight excluding hydrogens is 434 g/mol. The molecule has 10 nitrogen and oxygen atoms in total. The van der Waals surface area contributed by atoms with E-state index in [0.717, 1.165) is 0 Å². The van der Waals surface area contributed by atoms with Crippen LogP contribution < -0.4 is 15.4 Å². The number of aromatic nitrogens is 2. The van der Waals surface area contributed by atoms with Crippen molar-refractivity contribution in [3.8, 4) is 0 Å². The predicted octanol–water partition coefficient (Wildman–Crippen LogP) is 1.92. The van der Waals surface area contributed by atoms with E-state index in [9.17, 15) is 18.0 Å². The molecular formula is C21H23N5O5S. The number of hydrogen-bond donors (Lipinski definition) is 3. The molecule has 2 heterocycles. The minimum Gasteiger partial charge on any atom is -0.360 e. The minimum absolute atomic E-state index is 0.0938. The highest BCUT2D eigenvalue weighted by molar-refractivity contribution is 7.89. The van der Waals surface area contributed by atoms with E-state index in [1.54, 1.807) is 36.5 Å². The van der Waals surface area contributed by atoms with E-state index in [1.165, 1.54) is 26.8 Å². The van der Waals surface area contributed by atoms with Crippen molar-refractivity contribution in [2.75, 3.05) is 5.32 Å². The van der Waals surface area contributed by atoms with Crippen LogP contribution in [0.1, 0.15) is 34.4 Å². The molecule has 0 bridgehead atoms. The molecule has 0 saturated carbocycles. The third kappa shape index (κ3) is 5.56. The Morgan fingerprint density at radius 3 is 2.56 bits per heavy atom. The Hall–Kier alpha value is -3.57. The fraction of sp³-hybridized carbons (Fsp3) is 0.238. The first-order chi connectivity index (χ1) is 15.2. The highest BCUT2D eigenvalue weighted by Gasteiger charge is 2.28. The molecule has 168 valence electrons. The molecule has 0 aliphatic heterocycles. The normalized spacial score (nSPS) is 12.2. The third-order valence-corrected chi connectivity index (χ3v) is 6.29. The standard InChI is InChI=1S/C21H23N5O5S/c1-13-19(15(3)31-25-13)32(29,30)26-14(2)20(27)24-17-9-6-7-16(11-17)21(28)23-12-18-8-4-5-10-22-18/h4-11,14,26H,12H2,1-3H3,(H,23,28)(H,24,27)/t14-/m0/s1. The van der Waals surface area contributed by atoms with Gasteiger partial charge < -0.3 is 15.2 Å². The SMILES string of the molecule is Cc1noc(C)c1S(=O)(=O)N[C@@H](C)C(=O)Nc1cccc(C(=O)NCc2ccccn2)c1. The number of benzene rings is 1. The van der Waals surface area contributed by atoms with Gasteiger partial charge in [0.25, 0.3) is 5.91 Å². The van der Waals surface area contributed by atoms with Crippen LogP contribution in [0.3, 0.4) is 0 Å². The van der Waals surface area contributed by atoms with Crippen molar-refractivity contribution >= 4 is 27.5 Å². The molecule has 0 spiro atoms. The summed E-state index contributed by atoms with van der Waals surface area (Å²) in [5.74, 6) is -0.794. The van der Waals surface area contributed by atoms with Gasteiger partial charge in [0.2, 0.25) is 15.9 Å². The summed E-state index contributed by atoms with van der Waals surface area (Å²) in [7, 11) is -4.01. The number of nitrogens with zero attached hydrogens (tertiary/aromatic N) is 2. The fourth-order valence-corrected chi connectivity index (χ4v) is 4.50. The van der Waals surface area contributed by atoms with E-state index < -0.39 is 22.0 Å². The summed E-state index contributed by atoms with van der Waals surface area (Å²) in [5.41, 5.74) is 1.60. The summed E-state index contributed by atoms with van der Waals surface area (Å²) in [6.45, 7) is 4.65. The third-order valence-electron chi connectivity index (χ3n) is 4.51. The Labute approximate surface area is 185 Å². The first kappa shape index (κ1) is 23.1. The van der Waals surface area contributed by atoms with Gasteiger partial charge in [-0.1, -0.05) is 17.3 Å². The summed E-state index contributed by atoms with van der Waals surface area (Å²) in [6, 6.07) is 10.6. The van der Waals surface area contributed by atoms with E-state index in [4.69, 9.17) is 4.52 Å². The lowest BCUT2D eigenvalue weighted by Crippen LogP contribution is -2.41. The largest absolute Gasteiger partial charge is 0.360 e. The van der Waals surface area contributed by atoms with Gasteiger partial charge in [-0.3, -0.25) is 14.6 Å². The smallest absolute Gasteiger partial charge is 0.251 e. The molecule has 0 aliphatic carbocycles. The number of aryl methyl sites for hydroxylation is 2. The monoisotopic (exact) mass is 457 g/mol. The molecule has 1 aromatic carbocycles. The molecule has 0 radical (unpaired) electrons. The zero-order chi connectivity index (χ0) is 23.3. The zero-order valence-corrected chi connectivity index (χ0v) is 18.6. The average molecular weight is 458 g/mol. The van der Waals surface area contributed by atoms with Crippen molar-refractivity contribution in [2.45, 2.75) is 38.3 Å². The zero-order valence-electron chi connectivity index (χ0n) is 17.7. The number of amides is 2. The molecule has 2 aromatic heterocycles. The number of pyridine rings is 1. The quantitative estimate of drug-likeness (QED) is 0.469. The Morgan fingerprint density at radius 1 is 1.12 bits per heavy atom. The van der Waals surface area contributed by atoms with Crippen molar-refractivity contribution in [1.82, 2.24) is 20.2 Å². The van der Waals surface area contributed by atoms with E-state index >= 15 is 0 Å². The van der Waals surface area contributed by atoms with Gasteiger partial charge in [0.15, 0.2) is 5.76 Å². The fourth-order valence-electron chi connectivity index (χ4n) is 2.97. The molecule has 11 heteroatoms. The van der Waals surface area contributed by atoms with E-state index in [0.29, 0.717) is 16.9 Å². The van der Waals surface area contributed by atoms with Crippen LogP contribution in [0.5, 0.6) is 0 Å². The Morgan fingerprint density at radius 2 is 1.91 bits per heavy atom. The average Bonchev–Trinajstić information content (AvgIpc) is 3.11. The van der Waals surface area contributed by atoms with Gasteiger partial charge in [0, 0.05) is 17.4 Å². The lowest BCUT2D eigenvalue weighted by atomic mass is 10.1. The molecule has 0 saturated heterocycles. The molecule has 2 amide bonds. The molecule has 1 atom stereocenters. The second-order valence-corrected chi connectivity index (χ2v) is 8.72.